The molecule has 1 heterocycles. The maximum absolute atomic E-state index is 12.0. The molecule has 1 amide bonds. The molecule has 0 bridgehead atoms. The highest BCUT2D eigenvalue weighted by molar-refractivity contribution is 5.86. The number of carbonyl (C=O) groups is 1. The first-order chi connectivity index (χ1) is 9.73. The van der Waals surface area contributed by atoms with Crippen molar-refractivity contribution in [1.29, 1.82) is 0 Å². The van der Waals surface area contributed by atoms with E-state index in [4.69, 9.17) is 15.7 Å². The molecular formula is C14H26N4O3. The smallest absolute Gasteiger partial charge is 0.410 e. The Morgan fingerprint density at radius 2 is 2.00 bits per heavy atom. The summed E-state index contributed by atoms with van der Waals surface area (Å²) in [5, 5.41) is 12.0. The number of nitrogens with two attached hydrogens (primary N) is 1. The Labute approximate surface area is 125 Å². The molecule has 2 fully saturated rings. The van der Waals surface area contributed by atoms with Gasteiger partial charge in [-0.15, -0.1) is 0 Å². The molecule has 0 aromatic carbocycles. The van der Waals surface area contributed by atoms with Gasteiger partial charge in [-0.3, -0.25) is 4.90 Å². The van der Waals surface area contributed by atoms with Gasteiger partial charge in [0.1, 0.15) is 5.60 Å². The highest BCUT2D eigenvalue weighted by atomic mass is 16.6. The number of hydrogen-bond donors (Lipinski definition) is 2. The average molecular weight is 298 g/mol. The lowest BCUT2D eigenvalue weighted by Gasteiger charge is -2.47. The average Bonchev–Trinajstić information content (AvgIpc) is 3.13. The van der Waals surface area contributed by atoms with E-state index in [1.54, 1.807) is 11.9 Å². The molecule has 21 heavy (non-hydrogen) atoms. The fourth-order valence-electron chi connectivity index (χ4n) is 2.64. The van der Waals surface area contributed by atoms with Crippen molar-refractivity contribution in [3.8, 4) is 0 Å². The molecule has 2 aliphatic rings. The minimum Gasteiger partial charge on any atom is -0.444 e. The zero-order valence-electron chi connectivity index (χ0n) is 13.2. The van der Waals surface area contributed by atoms with E-state index in [1.807, 2.05) is 20.8 Å². The van der Waals surface area contributed by atoms with Crippen molar-refractivity contribution in [3.05, 3.63) is 0 Å². The van der Waals surface area contributed by atoms with Gasteiger partial charge in [-0.25, -0.2) is 4.79 Å². The first kappa shape index (κ1) is 15.9. The molecule has 0 unspecified atom stereocenters. The Bertz CT molecular complexity index is 422. The van der Waals surface area contributed by atoms with Crippen LogP contribution in [0.25, 0.3) is 0 Å². The van der Waals surface area contributed by atoms with Gasteiger partial charge in [-0.05, 0) is 39.5 Å². The number of ether oxygens (including phenoxy) is 1. The van der Waals surface area contributed by atoms with Gasteiger partial charge in [-0.2, -0.15) is 0 Å². The van der Waals surface area contributed by atoms with Gasteiger partial charge in [-0.1, -0.05) is 5.16 Å². The molecule has 1 aliphatic carbocycles. The lowest BCUT2D eigenvalue weighted by molar-refractivity contribution is -0.0106. The van der Waals surface area contributed by atoms with Crippen LogP contribution < -0.4 is 5.73 Å². The van der Waals surface area contributed by atoms with Gasteiger partial charge in [0.2, 0.25) is 0 Å². The Hall–Kier alpha value is -1.50. The van der Waals surface area contributed by atoms with E-state index in [1.165, 1.54) is 0 Å². The number of likely N-dealkylation sites (tertiary alicyclic amines) is 1. The number of hydrogen-bond acceptors (Lipinski definition) is 5. The monoisotopic (exact) mass is 298 g/mol. The van der Waals surface area contributed by atoms with Gasteiger partial charge in [0.05, 0.1) is 12.1 Å². The number of oxime groups is 1. The fourth-order valence-corrected chi connectivity index (χ4v) is 2.64. The van der Waals surface area contributed by atoms with Gasteiger partial charge in [0.15, 0.2) is 5.84 Å². The van der Waals surface area contributed by atoms with Crippen molar-refractivity contribution in [2.75, 3.05) is 20.1 Å². The lowest BCUT2D eigenvalue weighted by Crippen LogP contribution is -2.65. The molecule has 7 nitrogen and oxygen atoms in total. The molecule has 0 aromatic heterocycles. The van der Waals surface area contributed by atoms with Crippen molar-refractivity contribution in [2.45, 2.75) is 51.3 Å². The molecule has 1 aliphatic heterocycles. The zero-order chi connectivity index (χ0) is 15.8. The number of nitrogens with zero attached hydrogens (tertiary/aromatic N) is 3. The highest BCUT2D eigenvalue weighted by Crippen LogP contribution is 2.37. The molecule has 0 spiro atoms. The summed E-state index contributed by atoms with van der Waals surface area (Å²) in [5.41, 5.74) is 5.30. The molecule has 3 N–H and O–H groups in total. The Balaban J connectivity index is 1.86. The molecule has 1 atom stereocenters. The van der Waals surface area contributed by atoms with Crippen LogP contribution >= 0.6 is 0 Å². The van der Waals surface area contributed by atoms with E-state index < -0.39 is 5.60 Å². The summed E-state index contributed by atoms with van der Waals surface area (Å²) in [5.74, 6) is 0.754. The number of amidine groups is 1. The van der Waals surface area contributed by atoms with Crippen molar-refractivity contribution in [1.82, 2.24) is 9.80 Å². The predicted molar refractivity (Wildman–Crippen MR) is 79.3 cm³/mol. The maximum atomic E-state index is 12.0. The van der Waals surface area contributed by atoms with Gasteiger partial charge in [0.25, 0.3) is 0 Å². The normalized spacial score (nSPS) is 22.6. The second kappa shape index (κ2) is 5.71. The van der Waals surface area contributed by atoms with Crippen LogP contribution in [0, 0.1) is 5.92 Å². The number of rotatable bonds is 4. The molecule has 0 radical (unpaired) electrons. The Kier molecular flexibility index (Phi) is 4.32. The van der Waals surface area contributed by atoms with Crippen LogP contribution in [0.3, 0.4) is 0 Å². The van der Waals surface area contributed by atoms with Gasteiger partial charge < -0.3 is 20.6 Å². The van der Waals surface area contributed by atoms with E-state index in [0.717, 1.165) is 25.9 Å². The van der Waals surface area contributed by atoms with Crippen LogP contribution in [0.2, 0.25) is 0 Å². The second-order valence-corrected chi connectivity index (χ2v) is 7.01. The Morgan fingerprint density at radius 1 is 1.43 bits per heavy atom. The van der Waals surface area contributed by atoms with Gasteiger partial charge >= 0.3 is 6.09 Å². The summed E-state index contributed by atoms with van der Waals surface area (Å²) < 4.78 is 5.36. The van der Waals surface area contributed by atoms with Crippen molar-refractivity contribution in [2.24, 2.45) is 16.8 Å². The molecule has 0 aromatic rings. The third kappa shape index (κ3) is 3.78. The van der Waals surface area contributed by atoms with Crippen LogP contribution in [-0.2, 0) is 4.74 Å². The number of likely N-dealkylation sites (N-methyl/N-ethyl adjacent to an activating group) is 1. The fraction of sp³-hybridized carbons (Fsp3) is 0.857. The zero-order valence-corrected chi connectivity index (χ0v) is 13.2. The molecular weight excluding hydrogens is 272 g/mol. The van der Waals surface area contributed by atoms with Gasteiger partial charge in [0, 0.05) is 20.1 Å². The van der Waals surface area contributed by atoms with Crippen molar-refractivity contribution < 1.29 is 14.7 Å². The summed E-state index contributed by atoms with van der Waals surface area (Å²) in [6, 6.07) is 0.117. The van der Waals surface area contributed by atoms with Crippen LogP contribution in [0.15, 0.2) is 5.16 Å². The van der Waals surface area contributed by atoms with Crippen LogP contribution in [0.4, 0.5) is 4.79 Å². The summed E-state index contributed by atoms with van der Waals surface area (Å²) in [6.07, 6.45) is 1.92. The summed E-state index contributed by atoms with van der Waals surface area (Å²) >= 11 is 0. The number of carbonyl (C=O) groups excluding carboxylic acids is 1. The molecule has 120 valence electrons. The van der Waals surface area contributed by atoms with Crippen molar-refractivity contribution >= 4 is 11.9 Å². The summed E-state index contributed by atoms with van der Waals surface area (Å²) in [6.45, 7) is 7.02. The second-order valence-electron chi connectivity index (χ2n) is 7.01. The standard InChI is InChI=1S/C14H26N4O3/c1-14(2,3)21-13(19)17(4)10-7-18(8-10)11(9-5-6-9)12(15)16-20/h9-11,20H,5-8H2,1-4H3,(H2,15,16)/t11-/m0/s1. The molecule has 7 heteroatoms. The molecule has 2 rings (SSSR count). The quantitative estimate of drug-likeness (QED) is 0.350. The highest BCUT2D eigenvalue weighted by Gasteiger charge is 2.45. The van der Waals surface area contributed by atoms with Crippen LogP contribution in [0.5, 0.6) is 0 Å². The SMILES string of the molecule is CN(C(=O)OC(C)(C)C)C1CN([C@H](C(N)=NO)C2CC2)C1. The van der Waals surface area contributed by atoms with E-state index in [9.17, 15) is 4.79 Å². The van der Waals surface area contributed by atoms with E-state index in [2.05, 4.69) is 10.1 Å². The third-order valence-corrected chi connectivity index (χ3v) is 4.00. The first-order valence-electron chi connectivity index (χ1n) is 7.40. The van der Waals surface area contributed by atoms with Crippen molar-refractivity contribution in [3.63, 3.8) is 0 Å². The minimum atomic E-state index is -0.487. The van der Waals surface area contributed by atoms with E-state index in [0.29, 0.717) is 5.92 Å². The summed E-state index contributed by atoms with van der Waals surface area (Å²) in [7, 11) is 1.76. The van der Waals surface area contributed by atoms with E-state index in [-0.39, 0.29) is 24.0 Å². The molecule has 1 saturated heterocycles. The largest absolute Gasteiger partial charge is 0.444 e. The molecule has 1 saturated carbocycles. The Morgan fingerprint density at radius 3 is 2.43 bits per heavy atom. The first-order valence-corrected chi connectivity index (χ1v) is 7.40. The van der Waals surface area contributed by atoms with Crippen LogP contribution in [0.1, 0.15) is 33.6 Å². The lowest BCUT2D eigenvalue weighted by atomic mass is 10.0. The predicted octanol–water partition coefficient (Wildman–Crippen LogP) is 1.06. The minimum absolute atomic E-state index is 0.00159. The third-order valence-electron chi connectivity index (χ3n) is 4.00. The maximum Gasteiger partial charge on any atom is 0.410 e. The topological polar surface area (TPSA) is 91.4 Å². The van der Waals surface area contributed by atoms with Crippen LogP contribution in [-0.4, -0.2) is 64.8 Å². The van der Waals surface area contributed by atoms with E-state index >= 15 is 0 Å². The summed E-state index contributed by atoms with van der Waals surface area (Å²) in [4.78, 5) is 15.8. The number of amides is 1.